The van der Waals surface area contributed by atoms with E-state index in [1.165, 1.54) is 24.1 Å². The molecule has 1 aliphatic heterocycles. The third-order valence-corrected chi connectivity index (χ3v) is 3.92. The number of ether oxygens (including phenoxy) is 1. The van der Waals surface area contributed by atoms with Crippen molar-refractivity contribution in [1.82, 2.24) is 10.2 Å². The van der Waals surface area contributed by atoms with Crippen molar-refractivity contribution in [3.05, 3.63) is 34.6 Å². The number of halogens is 2. The number of aliphatic hydroxyl groups is 1. The normalized spacial score (nSPS) is 20.9. The molecule has 1 saturated heterocycles. The third-order valence-electron chi connectivity index (χ3n) is 3.70. The summed E-state index contributed by atoms with van der Waals surface area (Å²) >= 11 is 5.74. The fourth-order valence-electron chi connectivity index (χ4n) is 2.43. The quantitative estimate of drug-likeness (QED) is 0.745. The average molecular weight is 345 g/mol. The fraction of sp³-hybridized carbons (Fsp3) is 0.467. The Morgan fingerprint density at radius 3 is 2.91 bits per heavy atom. The second kappa shape index (κ2) is 7.25. The number of hydrogen-bond acceptors (Lipinski definition) is 4. The highest BCUT2D eigenvalue weighted by atomic mass is 35.5. The molecule has 0 spiro atoms. The summed E-state index contributed by atoms with van der Waals surface area (Å²) in [5.74, 6) is -1.98. The zero-order valence-electron chi connectivity index (χ0n) is 12.6. The molecule has 2 N–H and O–H groups in total. The number of amides is 2. The lowest BCUT2D eigenvalue weighted by molar-refractivity contribution is -0.154. The average Bonchev–Trinajstić information content (AvgIpc) is 2.79. The van der Waals surface area contributed by atoms with E-state index in [0.717, 1.165) is 6.07 Å². The topological polar surface area (TPSA) is 78.9 Å². The molecule has 1 fully saturated rings. The van der Waals surface area contributed by atoms with E-state index in [4.69, 9.17) is 16.3 Å². The molecular formula is C15H18ClFN2O4. The van der Waals surface area contributed by atoms with Crippen LogP contribution in [-0.4, -0.2) is 54.2 Å². The van der Waals surface area contributed by atoms with E-state index in [0.29, 0.717) is 18.7 Å². The highest BCUT2D eigenvalue weighted by Gasteiger charge is 2.50. The number of rotatable bonds is 6. The minimum atomic E-state index is -2.09. The van der Waals surface area contributed by atoms with Crippen molar-refractivity contribution in [2.24, 2.45) is 0 Å². The number of likely N-dealkylation sites (tertiary alicyclic amines) is 1. The van der Waals surface area contributed by atoms with E-state index in [9.17, 15) is 19.1 Å². The number of carbonyl (C=O) groups excluding carboxylic acids is 2. The summed E-state index contributed by atoms with van der Waals surface area (Å²) in [6.45, 7) is 0.873. The van der Waals surface area contributed by atoms with Crippen LogP contribution in [0.2, 0.25) is 5.02 Å². The van der Waals surface area contributed by atoms with Gasteiger partial charge in [0.05, 0.1) is 6.61 Å². The minimum Gasteiger partial charge on any atom is -0.383 e. The predicted molar refractivity (Wildman–Crippen MR) is 81.3 cm³/mol. The first-order valence-corrected chi connectivity index (χ1v) is 7.48. The van der Waals surface area contributed by atoms with Crippen LogP contribution >= 0.6 is 11.6 Å². The van der Waals surface area contributed by atoms with Gasteiger partial charge in [-0.3, -0.25) is 9.59 Å². The number of hydrogen-bond donors (Lipinski definition) is 2. The molecule has 6 nitrogen and oxygen atoms in total. The number of carbonyl (C=O) groups is 2. The van der Waals surface area contributed by atoms with Gasteiger partial charge in [-0.1, -0.05) is 11.6 Å². The van der Waals surface area contributed by atoms with Gasteiger partial charge in [-0.05, 0) is 23.8 Å². The molecule has 1 unspecified atom stereocenters. The van der Waals surface area contributed by atoms with Crippen LogP contribution in [0.3, 0.4) is 0 Å². The second-order valence-electron chi connectivity index (χ2n) is 5.36. The first-order chi connectivity index (χ1) is 10.9. The molecule has 1 atom stereocenters. The summed E-state index contributed by atoms with van der Waals surface area (Å²) in [4.78, 5) is 25.7. The van der Waals surface area contributed by atoms with Gasteiger partial charge >= 0.3 is 0 Å². The number of methoxy groups -OCH3 is 1. The van der Waals surface area contributed by atoms with E-state index in [-0.39, 0.29) is 24.5 Å². The van der Waals surface area contributed by atoms with Gasteiger partial charge in [0.2, 0.25) is 5.60 Å². The van der Waals surface area contributed by atoms with Crippen molar-refractivity contribution in [2.45, 2.75) is 18.6 Å². The Hall–Kier alpha value is -1.70. The molecular weight excluding hydrogens is 327 g/mol. The van der Waals surface area contributed by atoms with E-state index in [2.05, 4.69) is 5.32 Å². The van der Waals surface area contributed by atoms with Gasteiger partial charge in [0.15, 0.2) is 0 Å². The molecule has 0 aliphatic carbocycles. The molecule has 0 radical (unpaired) electrons. The smallest absolute Gasteiger partial charge is 0.264 e. The van der Waals surface area contributed by atoms with Crippen molar-refractivity contribution < 1.29 is 23.8 Å². The summed E-state index contributed by atoms with van der Waals surface area (Å²) in [5, 5.41) is 13.0. The van der Waals surface area contributed by atoms with Crippen LogP contribution in [0.5, 0.6) is 0 Å². The third kappa shape index (κ3) is 3.99. The Kier molecular flexibility index (Phi) is 5.56. The Balaban J connectivity index is 1.98. The SMILES string of the molecule is COCCN1CCC(O)(C(=O)NCc2cc(F)cc(Cl)c2)C1=O. The molecule has 23 heavy (non-hydrogen) atoms. The summed E-state index contributed by atoms with van der Waals surface area (Å²) in [7, 11) is 1.50. The van der Waals surface area contributed by atoms with Crippen molar-refractivity contribution in [3.8, 4) is 0 Å². The van der Waals surface area contributed by atoms with E-state index >= 15 is 0 Å². The molecule has 0 aromatic heterocycles. The van der Waals surface area contributed by atoms with Crippen LogP contribution in [0, 0.1) is 5.82 Å². The largest absolute Gasteiger partial charge is 0.383 e. The minimum absolute atomic E-state index is 0.00525. The Bertz CT molecular complexity index is 593. The first-order valence-electron chi connectivity index (χ1n) is 7.11. The van der Waals surface area contributed by atoms with Gasteiger partial charge in [0.25, 0.3) is 11.8 Å². The van der Waals surface area contributed by atoms with Crippen molar-refractivity contribution in [1.29, 1.82) is 0 Å². The maximum atomic E-state index is 13.2. The monoisotopic (exact) mass is 344 g/mol. The maximum absolute atomic E-state index is 13.2. The zero-order valence-corrected chi connectivity index (χ0v) is 13.4. The zero-order chi connectivity index (χ0) is 17.0. The highest BCUT2D eigenvalue weighted by molar-refractivity contribution is 6.30. The van der Waals surface area contributed by atoms with Crippen LogP contribution in [-0.2, 0) is 20.9 Å². The standard InChI is InChI=1S/C15H18ClFN2O4/c1-23-5-4-19-3-2-15(22,14(19)21)13(20)18-9-10-6-11(16)8-12(17)7-10/h6-8,22H,2-5,9H2,1H3,(H,18,20). The number of nitrogens with zero attached hydrogens (tertiary/aromatic N) is 1. The Labute approximate surface area is 138 Å². The van der Waals surface area contributed by atoms with Crippen LogP contribution in [0.25, 0.3) is 0 Å². The fourth-order valence-corrected chi connectivity index (χ4v) is 2.68. The molecule has 0 bridgehead atoms. The predicted octanol–water partition coefficient (Wildman–Crippen LogP) is 0.705. The van der Waals surface area contributed by atoms with Gasteiger partial charge < -0.3 is 20.1 Å². The summed E-state index contributed by atoms with van der Waals surface area (Å²) in [5.41, 5.74) is -1.65. The number of benzene rings is 1. The van der Waals surface area contributed by atoms with Crippen LogP contribution in [0.15, 0.2) is 18.2 Å². The van der Waals surface area contributed by atoms with E-state index in [1.807, 2.05) is 0 Å². The van der Waals surface area contributed by atoms with Gasteiger partial charge in [-0.2, -0.15) is 0 Å². The van der Waals surface area contributed by atoms with Crippen molar-refractivity contribution in [2.75, 3.05) is 26.8 Å². The maximum Gasteiger partial charge on any atom is 0.264 e. The molecule has 1 aromatic rings. The van der Waals surface area contributed by atoms with Gasteiger partial charge in [-0.15, -0.1) is 0 Å². The van der Waals surface area contributed by atoms with Crippen molar-refractivity contribution >= 4 is 23.4 Å². The lowest BCUT2D eigenvalue weighted by Crippen LogP contribution is -2.52. The molecule has 2 amide bonds. The molecule has 2 rings (SSSR count). The van der Waals surface area contributed by atoms with Gasteiger partial charge in [0, 0.05) is 38.2 Å². The Morgan fingerprint density at radius 1 is 1.52 bits per heavy atom. The summed E-state index contributed by atoms with van der Waals surface area (Å²) in [6, 6.07) is 3.86. The molecule has 126 valence electrons. The highest BCUT2D eigenvalue weighted by Crippen LogP contribution is 2.23. The van der Waals surface area contributed by atoms with Gasteiger partial charge in [0.1, 0.15) is 5.82 Å². The lowest BCUT2D eigenvalue weighted by atomic mass is 10.0. The van der Waals surface area contributed by atoms with Crippen LogP contribution < -0.4 is 5.32 Å². The summed E-state index contributed by atoms with van der Waals surface area (Å²) < 4.78 is 18.1. The van der Waals surface area contributed by atoms with Crippen molar-refractivity contribution in [3.63, 3.8) is 0 Å². The number of nitrogens with one attached hydrogen (secondary N) is 1. The van der Waals surface area contributed by atoms with E-state index in [1.54, 1.807) is 0 Å². The lowest BCUT2D eigenvalue weighted by Gasteiger charge is -2.21. The molecule has 1 heterocycles. The van der Waals surface area contributed by atoms with Gasteiger partial charge in [-0.25, -0.2) is 4.39 Å². The van der Waals surface area contributed by atoms with E-state index < -0.39 is 23.2 Å². The molecule has 1 aliphatic rings. The summed E-state index contributed by atoms with van der Waals surface area (Å²) in [6.07, 6.45) is 0.00525. The molecule has 1 aromatic carbocycles. The second-order valence-corrected chi connectivity index (χ2v) is 5.79. The van der Waals surface area contributed by atoms with Crippen LogP contribution in [0.1, 0.15) is 12.0 Å². The molecule has 8 heteroatoms. The first kappa shape index (κ1) is 17.7. The van der Waals surface area contributed by atoms with Crippen LogP contribution in [0.4, 0.5) is 4.39 Å². The molecule has 0 saturated carbocycles. The Morgan fingerprint density at radius 2 is 2.26 bits per heavy atom.